The highest BCUT2D eigenvalue weighted by Crippen LogP contribution is 2.26. The summed E-state index contributed by atoms with van der Waals surface area (Å²) in [4.78, 5) is 1.34. The average molecular weight is 303 g/mol. The molecule has 2 aromatic carbocycles. The van der Waals surface area contributed by atoms with Gasteiger partial charge in [-0.1, -0.05) is 24.3 Å². The summed E-state index contributed by atoms with van der Waals surface area (Å²) < 4.78 is 26.7. The molecule has 3 rings (SSSR count). The van der Waals surface area contributed by atoms with Crippen molar-refractivity contribution in [3.05, 3.63) is 60.8 Å². The van der Waals surface area contributed by atoms with Crippen LogP contribution >= 0.6 is 11.8 Å². The van der Waals surface area contributed by atoms with Crippen molar-refractivity contribution in [3.8, 4) is 0 Å². The average Bonchev–Trinajstić information content (AvgIpc) is 2.91. The standard InChI is InChI=1S/C15H13NO2S2/c1-19-13-8-7-12-9-10-16(15(12)11-13)20(17,18)14-5-3-2-4-6-14/h2-11H,1H3. The maximum absolute atomic E-state index is 12.7. The minimum absolute atomic E-state index is 0.298. The van der Waals surface area contributed by atoms with Crippen LogP contribution in [0, 0.1) is 0 Å². The van der Waals surface area contributed by atoms with E-state index in [4.69, 9.17) is 0 Å². The van der Waals surface area contributed by atoms with Crippen molar-refractivity contribution in [2.75, 3.05) is 6.26 Å². The quantitative estimate of drug-likeness (QED) is 0.694. The molecule has 0 aliphatic rings. The Hall–Kier alpha value is -1.72. The van der Waals surface area contributed by atoms with Crippen LogP contribution in [0.25, 0.3) is 10.9 Å². The van der Waals surface area contributed by atoms with E-state index in [1.807, 2.05) is 30.5 Å². The molecule has 5 heteroatoms. The summed E-state index contributed by atoms with van der Waals surface area (Å²) in [5.74, 6) is 0. The molecule has 3 aromatic rings. The Labute approximate surface area is 122 Å². The van der Waals surface area contributed by atoms with E-state index in [1.165, 1.54) is 3.97 Å². The fraction of sp³-hybridized carbons (Fsp3) is 0.0667. The van der Waals surface area contributed by atoms with E-state index in [9.17, 15) is 8.42 Å². The van der Waals surface area contributed by atoms with E-state index in [2.05, 4.69) is 0 Å². The Balaban J connectivity index is 2.24. The fourth-order valence-corrected chi connectivity index (χ4v) is 3.93. The Morgan fingerprint density at radius 3 is 2.45 bits per heavy atom. The molecule has 0 aliphatic heterocycles. The number of hydrogen-bond acceptors (Lipinski definition) is 3. The topological polar surface area (TPSA) is 39.1 Å². The van der Waals surface area contributed by atoms with Crippen LogP contribution in [0.3, 0.4) is 0 Å². The summed E-state index contributed by atoms with van der Waals surface area (Å²) in [6.07, 6.45) is 3.58. The second-order valence-corrected chi connectivity index (χ2v) is 7.05. The highest BCUT2D eigenvalue weighted by atomic mass is 32.2. The van der Waals surface area contributed by atoms with E-state index >= 15 is 0 Å². The maximum Gasteiger partial charge on any atom is 0.268 e. The first-order valence-corrected chi connectivity index (χ1v) is 8.75. The summed E-state index contributed by atoms with van der Waals surface area (Å²) >= 11 is 1.59. The third-order valence-electron chi connectivity index (χ3n) is 3.16. The van der Waals surface area contributed by atoms with Gasteiger partial charge in [0.15, 0.2) is 0 Å². The van der Waals surface area contributed by atoms with Crippen molar-refractivity contribution in [2.24, 2.45) is 0 Å². The van der Waals surface area contributed by atoms with Crippen LogP contribution in [0.1, 0.15) is 0 Å². The first kappa shape index (κ1) is 13.3. The third-order valence-corrected chi connectivity index (χ3v) is 5.59. The van der Waals surface area contributed by atoms with Crippen LogP contribution in [0.15, 0.2) is 70.6 Å². The molecule has 1 heterocycles. The smallest absolute Gasteiger partial charge is 0.241 e. The summed E-state index contributed by atoms with van der Waals surface area (Å²) in [7, 11) is -3.54. The molecule has 102 valence electrons. The molecule has 0 saturated heterocycles. The molecule has 0 bridgehead atoms. The Kier molecular flexibility index (Phi) is 3.31. The Morgan fingerprint density at radius 2 is 1.75 bits per heavy atom. The van der Waals surface area contributed by atoms with Crippen molar-refractivity contribution in [2.45, 2.75) is 9.79 Å². The van der Waals surface area contributed by atoms with Crippen LogP contribution in [0.5, 0.6) is 0 Å². The SMILES string of the molecule is CSc1ccc2ccn(S(=O)(=O)c3ccccc3)c2c1. The predicted molar refractivity (Wildman–Crippen MR) is 82.7 cm³/mol. The van der Waals surface area contributed by atoms with Crippen molar-refractivity contribution in [3.63, 3.8) is 0 Å². The summed E-state index contributed by atoms with van der Waals surface area (Å²) in [5.41, 5.74) is 0.709. The van der Waals surface area contributed by atoms with Gasteiger partial charge in [0.1, 0.15) is 0 Å². The van der Waals surface area contributed by atoms with Gasteiger partial charge in [-0.15, -0.1) is 11.8 Å². The monoisotopic (exact) mass is 303 g/mol. The molecule has 0 radical (unpaired) electrons. The molecular formula is C15H13NO2S2. The zero-order valence-electron chi connectivity index (χ0n) is 10.9. The fourth-order valence-electron chi connectivity index (χ4n) is 2.13. The normalized spacial score (nSPS) is 11.8. The molecule has 0 atom stereocenters. The van der Waals surface area contributed by atoms with E-state index in [1.54, 1.807) is 48.3 Å². The molecule has 0 aliphatic carbocycles. The van der Waals surface area contributed by atoms with Crippen molar-refractivity contribution >= 4 is 32.7 Å². The first-order valence-electron chi connectivity index (χ1n) is 6.08. The maximum atomic E-state index is 12.7. The van der Waals surface area contributed by atoms with Crippen molar-refractivity contribution in [1.29, 1.82) is 0 Å². The number of aromatic nitrogens is 1. The number of rotatable bonds is 3. The lowest BCUT2D eigenvalue weighted by Crippen LogP contribution is -2.11. The van der Waals surface area contributed by atoms with Gasteiger partial charge in [-0.25, -0.2) is 12.4 Å². The highest BCUT2D eigenvalue weighted by molar-refractivity contribution is 7.98. The van der Waals surface area contributed by atoms with Gasteiger partial charge in [0.25, 0.3) is 10.0 Å². The Morgan fingerprint density at radius 1 is 1.00 bits per heavy atom. The molecule has 0 saturated carbocycles. The van der Waals surface area contributed by atoms with Crippen LogP contribution in [-0.2, 0) is 10.0 Å². The van der Waals surface area contributed by atoms with Gasteiger partial charge in [-0.05, 0) is 36.6 Å². The molecular weight excluding hydrogens is 290 g/mol. The minimum Gasteiger partial charge on any atom is -0.241 e. The number of hydrogen-bond donors (Lipinski definition) is 0. The van der Waals surface area contributed by atoms with Crippen LogP contribution in [0.4, 0.5) is 0 Å². The largest absolute Gasteiger partial charge is 0.268 e. The summed E-state index contributed by atoms with van der Waals surface area (Å²) in [5, 5.41) is 0.919. The second-order valence-electron chi connectivity index (χ2n) is 4.35. The van der Waals surface area contributed by atoms with Gasteiger partial charge in [-0.2, -0.15) is 0 Å². The summed E-state index contributed by atoms with van der Waals surface area (Å²) in [6.45, 7) is 0. The van der Waals surface area contributed by atoms with Gasteiger partial charge < -0.3 is 0 Å². The molecule has 0 N–H and O–H groups in total. The van der Waals surface area contributed by atoms with Crippen LogP contribution < -0.4 is 0 Å². The summed E-state index contributed by atoms with van der Waals surface area (Å²) in [6, 6.07) is 16.1. The Bertz CT molecular complexity index is 852. The predicted octanol–water partition coefficient (Wildman–Crippen LogP) is 3.60. The molecule has 0 fully saturated rings. The van der Waals surface area contributed by atoms with Crippen LogP contribution in [-0.4, -0.2) is 18.6 Å². The number of fused-ring (bicyclic) bond motifs is 1. The molecule has 0 amide bonds. The van der Waals surface area contributed by atoms with Crippen molar-refractivity contribution in [1.82, 2.24) is 3.97 Å². The van der Waals surface area contributed by atoms with Gasteiger partial charge in [0, 0.05) is 16.5 Å². The number of thioether (sulfide) groups is 1. The molecule has 3 nitrogen and oxygen atoms in total. The van der Waals surface area contributed by atoms with E-state index < -0.39 is 10.0 Å². The molecule has 1 aromatic heterocycles. The molecule has 0 unspecified atom stereocenters. The van der Waals surface area contributed by atoms with Gasteiger partial charge in [0.05, 0.1) is 10.4 Å². The number of nitrogens with zero attached hydrogens (tertiary/aromatic N) is 1. The highest BCUT2D eigenvalue weighted by Gasteiger charge is 2.18. The second kappa shape index (κ2) is 5.00. The lowest BCUT2D eigenvalue weighted by molar-refractivity contribution is 0.589. The third kappa shape index (κ3) is 2.13. The number of benzene rings is 2. The van der Waals surface area contributed by atoms with Crippen LogP contribution in [0.2, 0.25) is 0 Å². The minimum atomic E-state index is -3.54. The lowest BCUT2D eigenvalue weighted by Gasteiger charge is -2.08. The van der Waals surface area contributed by atoms with Gasteiger partial charge >= 0.3 is 0 Å². The zero-order chi connectivity index (χ0) is 14.2. The van der Waals surface area contributed by atoms with Gasteiger partial charge in [-0.3, -0.25) is 0 Å². The zero-order valence-corrected chi connectivity index (χ0v) is 12.5. The van der Waals surface area contributed by atoms with Crippen molar-refractivity contribution < 1.29 is 8.42 Å². The van der Waals surface area contributed by atoms with E-state index in [0.717, 1.165) is 10.3 Å². The molecule has 20 heavy (non-hydrogen) atoms. The van der Waals surface area contributed by atoms with Gasteiger partial charge in [0.2, 0.25) is 0 Å². The molecule has 0 spiro atoms. The first-order chi connectivity index (χ1) is 9.63. The van der Waals surface area contributed by atoms with E-state index in [0.29, 0.717) is 10.4 Å². The van der Waals surface area contributed by atoms with E-state index in [-0.39, 0.29) is 0 Å². The lowest BCUT2D eigenvalue weighted by atomic mass is 10.2.